The maximum absolute atomic E-state index is 9.76. The fourth-order valence-electron chi connectivity index (χ4n) is 2.17. The standard InChI is InChI=1S/C16H20NO4P/c1-11-14(16(18)22(19)20-3)9-17-12(2)15(11)21-10-13-7-5-4-6-8-13/h4-9,16,18-19H,10H2,1-3H3/p+1. The van der Waals surface area contributed by atoms with Crippen molar-refractivity contribution in [2.24, 2.45) is 0 Å². The summed E-state index contributed by atoms with van der Waals surface area (Å²) in [4.78, 5) is 14.0. The van der Waals surface area contributed by atoms with Crippen molar-refractivity contribution in [3.8, 4) is 5.75 Å². The van der Waals surface area contributed by atoms with E-state index in [1.54, 1.807) is 6.20 Å². The van der Waals surface area contributed by atoms with Crippen LogP contribution < -0.4 is 4.74 Å². The van der Waals surface area contributed by atoms with E-state index < -0.39 is 14.2 Å². The molecule has 2 rings (SSSR count). The highest BCUT2D eigenvalue weighted by Gasteiger charge is 2.28. The Morgan fingerprint density at radius 1 is 1.27 bits per heavy atom. The van der Waals surface area contributed by atoms with E-state index >= 15 is 0 Å². The highest BCUT2D eigenvalue weighted by molar-refractivity contribution is 7.46. The highest BCUT2D eigenvalue weighted by atomic mass is 31.2. The molecule has 0 aliphatic carbocycles. The first-order valence-electron chi connectivity index (χ1n) is 6.90. The molecule has 0 saturated heterocycles. The lowest BCUT2D eigenvalue weighted by molar-refractivity contribution is 0.220. The van der Waals surface area contributed by atoms with Gasteiger partial charge in [0.15, 0.2) is 0 Å². The second kappa shape index (κ2) is 7.65. The summed E-state index contributed by atoms with van der Waals surface area (Å²) in [6.07, 6.45) is 1.61. The zero-order chi connectivity index (χ0) is 16.1. The molecule has 6 heteroatoms. The lowest BCUT2D eigenvalue weighted by atomic mass is 10.1. The van der Waals surface area contributed by atoms with Crippen molar-refractivity contribution in [3.63, 3.8) is 0 Å². The van der Waals surface area contributed by atoms with Gasteiger partial charge in [0.2, 0.25) is 5.85 Å². The van der Waals surface area contributed by atoms with Crippen LogP contribution in [-0.4, -0.2) is 22.1 Å². The van der Waals surface area contributed by atoms with E-state index in [-0.39, 0.29) is 0 Å². The molecule has 1 aromatic carbocycles. The molecule has 22 heavy (non-hydrogen) atoms. The van der Waals surface area contributed by atoms with E-state index in [9.17, 15) is 4.89 Å². The molecule has 0 amide bonds. The Balaban J connectivity index is 2.23. The van der Waals surface area contributed by atoms with E-state index in [1.807, 2.05) is 44.2 Å². The predicted molar refractivity (Wildman–Crippen MR) is 87.0 cm³/mol. The van der Waals surface area contributed by atoms with Crippen LogP contribution in [0.1, 0.15) is 28.2 Å². The summed E-state index contributed by atoms with van der Waals surface area (Å²) >= 11 is 0. The molecule has 2 atom stereocenters. The molecular weight excluding hydrogens is 301 g/mol. The topological polar surface area (TPSA) is 74.5 Å². The van der Waals surface area contributed by atoms with Gasteiger partial charge in [0.25, 0.3) is 8.38 Å². The van der Waals surface area contributed by atoms with Crippen LogP contribution in [0.25, 0.3) is 0 Å². The minimum absolute atomic E-state index is 0.439. The predicted octanol–water partition coefficient (Wildman–Crippen LogP) is 2.95. The van der Waals surface area contributed by atoms with Gasteiger partial charge in [-0.05, 0) is 19.4 Å². The normalized spacial score (nSPS) is 13.7. The summed E-state index contributed by atoms with van der Waals surface area (Å²) in [7, 11) is -0.436. The second-order valence-electron chi connectivity index (χ2n) is 4.91. The Hall–Kier alpha value is -1.52. The smallest absolute Gasteiger partial charge is 0.260 e. The van der Waals surface area contributed by atoms with Crippen molar-refractivity contribution < 1.29 is 19.3 Å². The molecule has 0 spiro atoms. The molecule has 118 valence electrons. The minimum atomic E-state index is -1.84. The van der Waals surface area contributed by atoms with Crippen molar-refractivity contribution in [2.45, 2.75) is 26.3 Å². The molecule has 2 unspecified atom stereocenters. The molecule has 1 aromatic heterocycles. The summed E-state index contributed by atoms with van der Waals surface area (Å²) in [6.45, 7) is 4.19. The number of ether oxygens (including phenoxy) is 1. The van der Waals surface area contributed by atoms with Crippen LogP contribution in [0.2, 0.25) is 0 Å². The van der Waals surface area contributed by atoms with Crippen LogP contribution in [0.15, 0.2) is 36.5 Å². The Morgan fingerprint density at radius 3 is 2.59 bits per heavy atom. The van der Waals surface area contributed by atoms with Gasteiger partial charge in [-0.1, -0.05) is 30.3 Å². The zero-order valence-electron chi connectivity index (χ0n) is 12.9. The first kappa shape index (κ1) is 16.8. The van der Waals surface area contributed by atoms with Gasteiger partial charge in [-0.3, -0.25) is 4.98 Å². The van der Waals surface area contributed by atoms with E-state index in [0.29, 0.717) is 17.9 Å². The fourth-order valence-corrected chi connectivity index (χ4v) is 2.88. The van der Waals surface area contributed by atoms with Gasteiger partial charge in [-0.2, -0.15) is 0 Å². The van der Waals surface area contributed by atoms with E-state index in [4.69, 9.17) is 14.4 Å². The maximum Gasteiger partial charge on any atom is 0.260 e. The molecule has 5 nitrogen and oxygen atoms in total. The molecule has 0 aliphatic heterocycles. The number of rotatable bonds is 6. The number of nitrogens with zero attached hydrogens (tertiary/aromatic N) is 1. The van der Waals surface area contributed by atoms with Crippen molar-refractivity contribution in [1.82, 2.24) is 4.98 Å². The average Bonchev–Trinajstić information content (AvgIpc) is 2.54. The van der Waals surface area contributed by atoms with Gasteiger partial charge in [0.05, 0.1) is 11.3 Å². The monoisotopic (exact) mass is 322 g/mol. The fraction of sp³-hybridized carbons (Fsp3) is 0.312. The lowest BCUT2D eigenvalue weighted by Gasteiger charge is -2.17. The van der Waals surface area contributed by atoms with E-state index in [1.165, 1.54) is 7.11 Å². The Labute approximate surface area is 131 Å². The highest BCUT2D eigenvalue weighted by Crippen LogP contribution is 2.47. The summed E-state index contributed by atoms with van der Waals surface area (Å²) < 4.78 is 10.8. The number of pyridine rings is 1. The molecule has 3 N–H and O–H groups in total. The second-order valence-corrected chi connectivity index (χ2v) is 6.40. The Morgan fingerprint density at radius 2 is 1.95 bits per heavy atom. The maximum atomic E-state index is 9.76. The Kier molecular flexibility index (Phi) is 5.86. The van der Waals surface area contributed by atoms with Crippen LogP contribution in [0.3, 0.4) is 0 Å². The van der Waals surface area contributed by atoms with Gasteiger partial charge in [0, 0.05) is 18.9 Å². The van der Waals surface area contributed by atoms with Crippen LogP contribution in [-0.2, 0) is 11.1 Å². The van der Waals surface area contributed by atoms with Crippen molar-refractivity contribution in [3.05, 3.63) is 58.9 Å². The third-order valence-electron chi connectivity index (χ3n) is 3.43. The zero-order valence-corrected chi connectivity index (χ0v) is 13.8. The van der Waals surface area contributed by atoms with E-state index in [0.717, 1.165) is 16.8 Å². The molecular formula is C16H21NO4P+. The third-order valence-corrected chi connectivity index (χ3v) is 4.52. The van der Waals surface area contributed by atoms with Gasteiger partial charge in [-0.25, -0.2) is 0 Å². The molecule has 0 fully saturated rings. The number of hydrogen-bond acceptors (Lipinski definition) is 4. The number of hydrogen-bond donors (Lipinski definition) is 1. The number of benzene rings is 1. The summed E-state index contributed by atoms with van der Waals surface area (Å²) in [6, 6.07) is 9.87. The van der Waals surface area contributed by atoms with Gasteiger partial charge in [-0.15, -0.1) is 0 Å². The van der Waals surface area contributed by atoms with E-state index in [2.05, 4.69) is 4.98 Å². The van der Waals surface area contributed by atoms with Crippen LogP contribution in [0, 0.1) is 13.8 Å². The molecule has 1 heterocycles. The Bertz CT molecular complexity index is 621. The van der Waals surface area contributed by atoms with Gasteiger partial charge in [0.1, 0.15) is 12.4 Å². The largest absolute Gasteiger partial charge is 0.487 e. The molecule has 2 aromatic rings. The molecule has 0 radical (unpaired) electrons. The summed E-state index contributed by atoms with van der Waals surface area (Å²) in [5.74, 6) is -0.190. The van der Waals surface area contributed by atoms with Crippen LogP contribution in [0.4, 0.5) is 0 Å². The first-order chi connectivity index (χ1) is 10.5. The average molecular weight is 322 g/mol. The number of aromatic nitrogens is 1. The first-order valence-corrected chi connectivity index (χ1v) is 8.19. The van der Waals surface area contributed by atoms with Crippen LogP contribution in [0.5, 0.6) is 5.75 Å². The molecule has 0 aliphatic rings. The third kappa shape index (κ3) is 3.81. The summed E-state index contributed by atoms with van der Waals surface area (Å²) in [5, 5.41) is 8.08. The summed E-state index contributed by atoms with van der Waals surface area (Å²) in [5.41, 5.74) is 3.28. The minimum Gasteiger partial charge on any atom is -0.487 e. The molecule has 0 saturated carbocycles. The SMILES string of the molecule is COP(O)C([OH2+])c1cnc(C)c(OCc2ccccc2)c1C. The van der Waals surface area contributed by atoms with Crippen molar-refractivity contribution in [2.75, 3.05) is 7.11 Å². The van der Waals surface area contributed by atoms with Gasteiger partial charge >= 0.3 is 0 Å². The van der Waals surface area contributed by atoms with Gasteiger partial charge < -0.3 is 19.3 Å². The van der Waals surface area contributed by atoms with Crippen molar-refractivity contribution >= 4 is 8.38 Å². The molecule has 0 bridgehead atoms. The quantitative estimate of drug-likeness (QED) is 0.655. The lowest BCUT2D eigenvalue weighted by Crippen LogP contribution is -2.06. The number of aryl methyl sites for hydroxylation is 1. The van der Waals surface area contributed by atoms with Crippen molar-refractivity contribution in [1.29, 1.82) is 0 Å². The van der Waals surface area contributed by atoms with Crippen LogP contribution >= 0.6 is 8.38 Å².